The van der Waals surface area contributed by atoms with Gasteiger partial charge in [0.1, 0.15) is 5.82 Å². The third-order valence-corrected chi connectivity index (χ3v) is 3.48. The molecule has 0 aliphatic rings. The van der Waals surface area contributed by atoms with Crippen molar-refractivity contribution in [3.63, 3.8) is 0 Å². The minimum absolute atomic E-state index is 0.594. The van der Waals surface area contributed by atoms with E-state index in [-0.39, 0.29) is 0 Å². The molecular weight excluding hydrogens is 244 g/mol. The number of benzene rings is 2. The molecule has 0 radical (unpaired) electrons. The molecule has 0 unspecified atom stereocenters. The summed E-state index contributed by atoms with van der Waals surface area (Å²) in [6.07, 6.45) is 0. The normalized spacial score (nSPS) is 11.4. The number of rotatable bonds is 3. The van der Waals surface area contributed by atoms with Crippen LogP contribution in [0.25, 0.3) is 22.4 Å². The molecule has 2 heteroatoms. The van der Waals surface area contributed by atoms with Gasteiger partial charge in [-0.3, -0.25) is 0 Å². The van der Waals surface area contributed by atoms with Crippen molar-refractivity contribution < 1.29 is 0 Å². The number of hydrogen-bond acceptors (Lipinski definition) is 1. The highest BCUT2D eigenvalue weighted by Gasteiger charge is 2.13. The van der Waals surface area contributed by atoms with E-state index >= 15 is 0 Å². The molecule has 2 nitrogen and oxygen atoms in total. The van der Waals surface area contributed by atoms with E-state index in [0.717, 1.165) is 17.9 Å². The quantitative estimate of drug-likeness (QED) is 0.672. The van der Waals surface area contributed by atoms with E-state index < -0.39 is 0 Å². The van der Waals surface area contributed by atoms with Crippen LogP contribution in [0.3, 0.4) is 0 Å². The van der Waals surface area contributed by atoms with Crippen LogP contribution in [-0.2, 0) is 6.54 Å². The number of para-hydroxylation sites is 2. The topological polar surface area (TPSA) is 17.8 Å². The maximum atomic E-state index is 4.84. The Morgan fingerprint density at radius 1 is 1.05 bits per heavy atom. The zero-order valence-corrected chi connectivity index (χ0v) is 12.3. The molecule has 0 fully saturated rings. The van der Waals surface area contributed by atoms with Crippen LogP contribution in [0.4, 0.5) is 0 Å². The van der Waals surface area contributed by atoms with Crippen molar-refractivity contribution in [1.29, 1.82) is 0 Å². The largest absolute Gasteiger partial charge is 0.324 e. The van der Waals surface area contributed by atoms with Crippen molar-refractivity contribution in [3.8, 4) is 11.4 Å². The standard InChI is InChI=1S/C18H20N2/c1-13(2)12-20-17-10-5-4-9-16(17)19-18(20)15-8-6-7-14(3)11-15/h4-11,13H,12H2,1-3H3. The molecule has 0 saturated carbocycles. The molecule has 0 spiro atoms. The number of hydrogen-bond donors (Lipinski definition) is 0. The average molecular weight is 264 g/mol. The average Bonchev–Trinajstić information content (AvgIpc) is 2.77. The Morgan fingerprint density at radius 2 is 1.85 bits per heavy atom. The summed E-state index contributed by atoms with van der Waals surface area (Å²) in [5.74, 6) is 1.67. The van der Waals surface area contributed by atoms with Crippen molar-refractivity contribution in [2.24, 2.45) is 5.92 Å². The van der Waals surface area contributed by atoms with E-state index in [2.05, 4.69) is 73.9 Å². The summed E-state index contributed by atoms with van der Waals surface area (Å²) in [5.41, 5.74) is 4.76. The number of aromatic nitrogens is 2. The highest BCUT2D eigenvalue weighted by atomic mass is 15.1. The lowest BCUT2D eigenvalue weighted by Gasteiger charge is -2.12. The van der Waals surface area contributed by atoms with Crippen molar-refractivity contribution in [2.75, 3.05) is 0 Å². The zero-order valence-electron chi connectivity index (χ0n) is 12.3. The SMILES string of the molecule is Cc1cccc(-c2nc3ccccc3n2CC(C)C)c1. The van der Waals surface area contributed by atoms with Gasteiger partial charge >= 0.3 is 0 Å². The van der Waals surface area contributed by atoms with Crippen molar-refractivity contribution in [3.05, 3.63) is 54.1 Å². The molecule has 0 saturated heterocycles. The lowest BCUT2D eigenvalue weighted by molar-refractivity contribution is 0.536. The van der Waals surface area contributed by atoms with E-state index in [1.54, 1.807) is 0 Å². The van der Waals surface area contributed by atoms with Gasteiger partial charge < -0.3 is 4.57 Å². The summed E-state index contributed by atoms with van der Waals surface area (Å²) in [6, 6.07) is 17.0. The number of imidazole rings is 1. The molecule has 102 valence electrons. The van der Waals surface area contributed by atoms with Crippen molar-refractivity contribution in [2.45, 2.75) is 27.3 Å². The molecule has 20 heavy (non-hydrogen) atoms. The Hall–Kier alpha value is -2.09. The van der Waals surface area contributed by atoms with Crippen LogP contribution in [-0.4, -0.2) is 9.55 Å². The first kappa shape index (κ1) is 12.9. The minimum atomic E-state index is 0.594. The molecule has 0 N–H and O–H groups in total. The molecule has 0 aliphatic carbocycles. The fraction of sp³-hybridized carbons (Fsp3) is 0.278. The Balaban J connectivity index is 2.23. The van der Waals surface area contributed by atoms with E-state index in [1.165, 1.54) is 16.6 Å². The Bertz CT molecular complexity index is 738. The second-order valence-corrected chi connectivity index (χ2v) is 5.80. The first-order chi connectivity index (χ1) is 9.65. The van der Waals surface area contributed by atoms with Gasteiger partial charge in [-0.05, 0) is 31.0 Å². The van der Waals surface area contributed by atoms with Crippen LogP contribution in [0.1, 0.15) is 19.4 Å². The molecule has 0 aliphatic heterocycles. The van der Waals surface area contributed by atoms with E-state index in [0.29, 0.717) is 5.92 Å². The van der Waals surface area contributed by atoms with Gasteiger partial charge in [-0.25, -0.2) is 4.98 Å². The summed E-state index contributed by atoms with van der Waals surface area (Å²) in [5, 5.41) is 0. The first-order valence-electron chi connectivity index (χ1n) is 7.17. The van der Waals surface area contributed by atoms with Crippen molar-refractivity contribution in [1.82, 2.24) is 9.55 Å². The summed E-state index contributed by atoms with van der Waals surface area (Å²) in [6.45, 7) is 7.60. The van der Waals surface area contributed by atoms with Gasteiger partial charge in [0.05, 0.1) is 11.0 Å². The molecule has 0 amide bonds. The highest BCUT2D eigenvalue weighted by molar-refractivity contribution is 5.80. The molecule has 0 atom stereocenters. The fourth-order valence-corrected chi connectivity index (χ4v) is 2.63. The second kappa shape index (κ2) is 5.12. The van der Waals surface area contributed by atoms with Crippen LogP contribution in [0.15, 0.2) is 48.5 Å². The van der Waals surface area contributed by atoms with Gasteiger partial charge in [0, 0.05) is 12.1 Å². The van der Waals surface area contributed by atoms with Gasteiger partial charge in [0.15, 0.2) is 0 Å². The molecule has 3 aromatic rings. The van der Waals surface area contributed by atoms with Crippen LogP contribution in [0.5, 0.6) is 0 Å². The highest BCUT2D eigenvalue weighted by Crippen LogP contribution is 2.26. The Morgan fingerprint density at radius 3 is 2.60 bits per heavy atom. The van der Waals surface area contributed by atoms with Gasteiger partial charge in [-0.15, -0.1) is 0 Å². The van der Waals surface area contributed by atoms with E-state index in [9.17, 15) is 0 Å². The van der Waals surface area contributed by atoms with Crippen LogP contribution in [0.2, 0.25) is 0 Å². The Kier molecular flexibility index (Phi) is 3.31. The number of fused-ring (bicyclic) bond motifs is 1. The third kappa shape index (κ3) is 2.34. The zero-order chi connectivity index (χ0) is 14.1. The molecule has 2 aromatic carbocycles. The van der Waals surface area contributed by atoms with E-state index in [4.69, 9.17) is 4.98 Å². The van der Waals surface area contributed by atoms with Crippen LogP contribution in [0, 0.1) is 12.8 Å². The second-order valence-electron chi connectivity index (χ2n) is 5.80. The summed E-state index contributed by atoms with van der Waals surface area (Å²) < 4.78 is 2.34. The van der Waals surface area contributed by atoms with Gasteiger partial charge in [-0.1, -0.05) is 49.7 Å². The van der Waals surface area contributed by atoms with Gasteiger partial charge in [0.2, 0.25) is 0 Å². The van der Waals surface area contributed by atoms with Gasteiger partial charge in [-0.2, -0.15) is 0 Å². The predicted molar refractivity (Wildman–Crippen MR) is 84.7 cm³/mol. The summed E-state index contributed by atoms with van der Waals surface area (Å²) in [4.78, 5) is 4.84. The number of aryl methyl sites for hydroxylation is 1. The fourth-order valence-electron chi connectivity index (χ4n) is 2.63. The van der Waals surface area contributed by atoms with Crippen molar-refractivity contribution >= 4 is 11.0 Å². The van der Waals surface area contributed by atoms with Crippen LogP contribution < -0.4 is 0 Å². The number of nitrogens with zero attached hydrogens (tertiary/aromatic N) is 2. The first-order valence-corrected chi connectivity index (χ1v) is 7.17. The molecule has 0 bridgehead atoms. The molecule has 3 rings (SSSR count). The predicted octanol–water partition coefficient (Wildman–Crippen LogP) is 4.67. The maximum Gasteiger partial charge on any atom is 0.141 e. The van der Waals surface area contributed by atoms with Crippen LogP contribution >= 0.6 is 0 Å². The maximum absolute atomic E-state index is 4.84. The monoisotopic (exact) mass is 264 g/mol. The third-order valence-electron chi connectivity index (χ3n) is 3.48. The Labute approximate surface area is 120 Å². The molecular formula is C18H20N2. The lowest BCUT2D eigenvalue weighted by atomic mass is 10.1. The summed E-state index contributed by atoms with van der Waals surface area (Å²) in [7, 11) is 0. The molecule has 1 heterocycles. The lowest BCUT2D eigenvalue weighted by Crippen LogP contribution is -2.06. The minimum Gasteiger partial charge on any atom is -0.324 e. The molecule has 1 aromatic heterocycles. The smallest absolute Gasteiger partial charge is 0.141 e. The van der Waals surface area contributed by atoms with Gasteiger partial charge in [0.25, 0.3) is 0 Å². The van der Waals surface area contributed by atoms with E-state index in [1.807, 2.05) is 0 Å². The summed E-state index contributed by atoms with van der Waals surface area (Å²) >= 11 is 0.